The molecule has 1 aliphatic heterocycles. The lowest BCUT2D eigenvalue weighted by molar-refractivity contribution is -0.145. The summed E-state index contributed by atoms with van der Waals surface area (Å²) in [7, 11) is 0. The lowest BCUT2D eigenvalue weighted by Crippen LogP contribution is -2.53. The molecule has 1 heterocycles. The van der Waals surface area contributed by atoms with Gasteiger partial charge in [0.15, 0.2) is 6.04 Å². The fraction of sp³-hybridized carbons (Fsp3) is 0.526. The molecule has 0 aromatic heterocycles. The molecule has 4 N–H and O–H groups in total. The van der Waals surface area contributed by atoms with Gasteiger partial charge < -0.3 is 30.3 Å². The second kappa shape index (κ2) is 11.5. The molecule has 12 heteroatoms. The molecular formula is C19H25F2N3O7. The van der Waals surface area contributed by atoms with Gasteiger partial charge in [0.2, 0.25) is 11.8 Å². The first kappa shape index (κ1) is 24.4. The highest BCUT2D eigenvalue weighted by molar-refractivity contribution is 5.90. The summed E-state index contributed by atoms with van der Waals surface area (Å²) in [6.45, 7) is 0.503. The van der Waals surface area contributed by atoms with Crippen molar-refractivity contribution < 1.29 is 42.9 Å². The summed E-state index contributed by atoms with van der Waals surface area (Å²) in [6.07, 6.45) is -1.75. The van der Waals surface area contributed by atoms with E-state index in [2.05, 4.69) is 15.4 Å². The van der Waals surface area contributed by atoms with Gasteiger partial charge in [0.25, 0.3) is 0 Å². The number of carboxylic acid groups (broad SMARTS) is 1. The largest absolute Gasteiger partial charge is 0.480 e. The average molecular weight is 445 g/mol. The first-order chi connectivity index (χ1) is 14.7. The molecule has 0 bridgehead atoms. The number of carboxylic acids is 1. The van der Waals surface area contributed by atoms with E-state index >= 15 is 0 Å². The number of hydrogen-bond acceptors (Lipinski definition) is 7. The van der Waals surface area contributed by atoms with Gasteiger partial charge in [-0.3, -0.25) is 14.5 Å². The quantitative estimate of drug-likeness (QED) is 0.386. The van der Waals surface area contributed by atoms with E-state index in [1.165, 1.54) is 25.1 Å². The molecule has 31 heavy (non-hydrogen) atoms. The van der Waals surface area contributed by atoms with E-state index in [0.717, 1.165) is 6.07 Å². The Morgan fingerprint density at radius 3 is 2.52 bits per heavy atom. The lowest BCUT2D eigenvalue weighted by Gasteiger charge is -2.27. The van der Waals surface area contributed by atoms with Crippen LogP contribution in [-0.2, 0) is 19.1 Å². The van der Waals surface area contributed by atoms with Crippen molar-refractivity contribution in [3.8, 4) is 5.75 Å². The van der Waals surface area contributed by atoms with Gasteiger partial charge in [-0.25, -0.2) is 4.79 Å². The van der Waals surface area contributed by atoms with Gasteiger partial charge in [0, 0.05) is 13.1 Å². The maximum absolute atomic E-state index is 12.4. The minimum absolute atomic E-state index is 0.0464. The van der Waals surface area contributed by atoms with Crippen molar-refractivity contribution in [3.63, 3.8) is 0 Å². The number of carbonyl (C=O) groups is 3. The highest BCUT2D eigenvalue weighted by Crippen LogP contribution is 2.23. The summed E-state index contributed by atoms with van der Waals surface area (Å²) >= 11 is 0. The number of amides is 2. The predicted octanol–water partition coefficient (Wildman–Crippen LogP) is -0.272. The van der Waals surface area contributed by atoms with Crippen LogP contribution in [0.5, 0.6) is 5.75 Å². The summed E-state index contributed by atoms with van der Waals surface area (Å²) in [6, 6.07) is 2.00. The number of aliphatic carboxylic acids is 1. The molecule has 172 valence electrons. The fourth-order valence-electron chi connectivity index (χ4n) is 2.94. The number of aliphatic hydroxyl groups is 1. The molecule has 0 spiro atoms. The molecule has 2 amide bonds. The highest BCUT2D eigenvalue weighted by atomic mass is 19.3. The van der Waals surface area contributed by atoms with Crippen LogP contribution in [0.4, 0.5) is 8.78 Å². The van der Waals surface area contributed by atoms with E-state index in [-0.39, 0.29) is 17.9 Å². The first-order valence-corrected chi connectivity index (χ1v) is 9.53. The monoisotopic (exact) mass is 445 g/mol. The van der Waals surface area contributed by atoms with Crippen LogP contribution in [0, 0.1) is 0 Å². The predicted molar refractivity (Wildman–Crippen MR) is 102 cm³/mol. The third kappa shape index (κ3) is 7.74. The summed E-state index contributed by atoms with van der Waals surface area (Å²) in [5.74, 6) is -3.07. The second-order valence-electron chi connectivity index (χ2n) is 6.90. The number of benzene rings is 1. The summed E-state index contributed by atoms with van der Waals surface area (Å²) in [4.78, 5) is 37.9. The molecule has 3 atom stereocenters. The standard InChI is InChI=1S/C19H25F2N3O7/c1-11(22-14(25)10-24-5-7-30-8-6-24)17(27)23-15(18(28)29)16(26)12-3-2-4-13(9-12)31-19(20)21/h2-4,9,11,15-16,19,26H,5-8,10H2,1H3,(H,22,25)(H,23,27)(H,28,29)/t11-,15-,16+/m0/s1. The Labute approximate surface area is 177 Å². The van der Waals surface area contributed by atoms with E-state index in [1.807, 2.05) is 4.90 Å². The summed E-state index contributed by atoms with van der Waals surface area (Å²) < 4.78 is 34.2. The van der Waals surface area contributed by atoms with Crippen molar-refractivity contribution in [2.24, 2.45) is 0 Å². The van der Waals surface area contributed by atoms with Crippen molar-refractivity contribution in [1.29, 1.82) is 0 Å². The van der Waals surface area contributed by atoms with Crippen molar-refractivity contribution in [2.75, 3.05) is 32.8 Å². The summed E-state index contributed by atoms with van der Waals surface area (Å²) in [5.41, 5.74) is -0.0464. The van der Waals surface area contributed by atoms with E-state index in [0.29, 0.717) is 26.3 Å². The third-order valence-corrected chi connectivity index (χ3v) is 4.55. The Morgan fingerprint density at radius 1 is 1.23 bits per heavy atom. The van der Waals surface area contributed by atoms with Gasteiger partial charge >= 0.3 is 12.6 Å². The molecule has 1 saturated heterocycles. The van der Waals surface area contributed by atoms with Crippen molar-refractivity contribution in [2.45, 2.75) is 31.7 Å². The average Bonchev–Trinajstić information content (AvgIpc) is 2.71. The zero-order valence-electron chi connectivity index (χ0n) is 16.8. The number of rotatable bonds is 10. The Hall–Kier alpha value is -2.83. The normalized spacial score (nSPS) is 17.5. The van der Waals surface area contributed by atoms with Gasteiger partial charge in [-0.05, 0) is 24.6 Å². The fourth-order valence-corrected chi connectivity index (χ4v) is 2.94. The SMILES string of the molecule is C[C@H](NC(=O)CN1CCOCC1)C(=O)N[C@H](C(=O)O)[C@H](O)c1cccc(OC(F)F)c1. The van der Waals surface area contributed by atoms with E-state index < -0.39 is 42.6 Å². The summed E-state index contributed by atoms with van der Waals surface area (Å²) in [5, 5.41) is 24.4. The zero-order chi connectivity index (χ0) is 23.0. The van der Waals surface area contributed by atoms with E-state index in [1.54, 1.807) is 0 Å². The van der Waals surface area contributed by atoms with Crippen LogP contribution < -0.4 is 15.4 Å². The van der Waals surface area contributed by atoms with Gasteiger partial charge in [0.1, 0.15) is 17.9 Å². The van der Waals surface area contributed by atoms with Crippen molar-refractivity contribution in [3.05, 3.63) is 29.8 Å². The molecule has 0 unspecified atom stereocenters. The number of alkyl halides is 2. The third-order valence-electron chi connectivity index (χ3n) is 4.55. The maximum atomic E-state index is 12.4. The lowest BCUT2D eigenvalue weighted by atomic mass is 10.0. The Balaban J connectivity index is 1.97. The number of carbonyl (C=O) groups excluding carboxylic acids is 2. The van der Waals surface area contributed by atoms with Crippen molar-refractivity contribution in [1.82, 2.24) is 15.5 Å². The van der Waals surface area contributed by atoms with Crippen molar-refractivity contribution >= 4 is 17.8 Å². The maximum Gasteiger partial charge on any atom is 0.387 e. The molecule has 1 aromatic rings. The Morgan fingerprint density at radius 2 is 1.90 bits per heavy atom. The minimum atomic E-state index is -3.09. The van der Waals surface area contributed by atoms with Gasteiger partial charge in [-0.2, -0.15) is 8.78 Å². The second-order valence-corrected chi connectivity index (χ2v) is 6.90. The number of nitrogens with one attached hydrogen (secondary N) is 2. The molecule has 10 nitrogen and oxygen atoms in total. The molecule has 0 radical (unpaired) electrons. The number of hydrogen-bond donors (Lipinski definition) is 4. The molecule has 0 aliphatic carbocycles. The number of nitrogens with zero attached hydrogens (tertiary/aromatic N) is 1. The highest BCUT2D eigenvalue weighted by Gasteiger charge is 2.31. The Bertz CT molecular complexity index is 775. The van der Waals surface area contributed by atoms with Crippen LogP contribution in [0.25, 0.3) is 0 Å². The zero-order valence-corrected chi connectivity index (χ0v) is 16.8. The molecular weight excluding hydrogens is 420 g/mol. The number of halogens is 2. The van der Waals surface area contributed by atoms with E-state index in [4.69, 9.17) is 4.74 Å². The minimum Gasteiger partial charge on any atom is -0.480 e. The van der Waals surface area contributed by atoms with Gasteiger partial charge in [-0.1, -0.05) is 12.1 Å². The van der Waals surface area contributed by atoms with Crippen LogP contribution in [0.2, 0.25) is 0 Å². The number of ether oxygens (including phenoxy) is 2. The van der Waals surface area contributed by atoms with Gasteiger partial charge in [0.05, 0.1) is 19.8 Å². The smallest absolute Gasteiger partial charge is 0.387 e. The van der Waals surface area contributed by atoms with Crippen LogP contribution in [0.15, 0.2) is 24.3 Å². The molecule has 1 fully saturated rings. The van der Waals surface area contributed by atoms with Crippen LogP contribution in [0.3, 0.4) is 0 Å². The topological polar surface area (TPSA) is 137 Å². The molecule has 0 saturated carbocycles. The van der Waals surface area contributed by atoms with Crippen LogP contribution in [-0.4, -0.2) is 84.4 Å². The number of morpholine rings is 1. The molecule has 2 rings (SSSR count). The molecule has 1 aromatic carbocycles. The van der Waals surface area contributed by atoms with E-state index in [9.17, 15) is 33.4 Å². The first-order valence-electron chi connectivity index (χ1n) is 9.53. The van der Waals surface area contributed by atoms with Crippen LogP contribution >= 0.6 is 0 Å². The number of aliphatic hydroxyl groups excluding tert-OH is 1. The van der Waals surface area contributed by atoms with Gasteiger partial charge in [-0.15, -0.1) is 0 Å². The Kier molecular flexibility index (Phi) is 9.09. The van der Waals surface area contributed by atoms with Crippen LogP contribution in [0.1, 0.15) is 18.6 Å². The molecule has 1 aliphatic rings.